The Balaban J connectivity index is 1.87. The smallest absolute Gasteiger partial charge is 0.266 e. The summed E-state index contributed by atoms with van der Waals surface area (Å²) in [5.74, 6) is 0.0000618. The van der Waals surface area contributed by atoms with Crippen LogP contribution in [-0.4, -0.2) is 63.0 Å². The first kappa shape index (κ1) is 14.3. The molecule has 2 aliphatic rings. The van der Waals surface area contributed by atoms with E-state index in [1.807, 2.05) is 4.90 Å². The number of benzene rings is 1. The van der Waals surface area contributed by atoms with Gasteiger partial charge in [0.2, 0.25) is 5.96 Å². The Kier molecular flexibility index (Phi) is 3.81. The Morgan fingerprint density at radius 2 is 1.76 bits per heavy atom. The summed E-state index contributed by atoms with van der Waals surface area (Å²) in [6.07, 6.45) is 0. The third-order valence-corrected chi connectivity index (χ3v) is 5.27. The SMILES string of the molecule is O=S(=O)(c1ccc(F)cc1)N1CCN=C1N1CCOCC1. The molecule has 3 rings (SSSR count). The van der Waals surface area contributed by atoms with Crippen molar-refractivity contribution >= 4 is 16.0 Å². The highest BCUT2D eigenvalue weighted by molar-refractivity contribution is 7.89. The molecule has 1 aromatic rings. The van der Waals surface area contributed by atoms with Gasteiger partial charge in [0.05, 0.1) is 31.2 Å². The summed E-state index contributed by atoms with van der Waals surface area (Å²) in [6, 6.07) is 4.85. The van der Waals surface area contributed by atoms with Crippen LogP contribution in [0.2, 0.25) is 0 Å². The van der Waals surface area contributed by atoms with E-state index in [2.05, 4.69) is 4.99 Å². The highest BCUT2D eigenvalue weighted by Crippen LogP contribution is 2.21. The lowest BCUT2D eigenvalue weighted by Gasteiger charge is -2.32. The second-order valence-electron chi connectivity index (χ2n) is 4.81. The summed E-state index contributed by atoms with van der Waals surface area (Å²) in [5, 5.41) is 0. The molecule has 2 aliphatic heterocycles. The fourth-order valence-corrected chi connectivity index (χ4v) is 3.85. The third-order valence-electron chi connectivity index (χ3n) is 3.47. The fourth-order valence-electron chi connectivity index (χ4n) is 2.40. The molecule has 1 fully saturated rings. The van der Waals surface area contributed by atoms with Crippen molar-refractivity contribution in [2.75, 3.05) is 39.4 Å². The van der Waals surface area contributed by atoms with Crippen LogP contribution < -0.4 is 0 Å². The summed E-state index contributed by atoms with van der Waals surface area (Å²) in [6.45, 7) is 3.11. The Hall–Kier alpha value is -1.67. The second-order valence-corrected chi connectivity index (χ2v) is 6.67. The van der Waals surface area contributed by atoms with E-state index in [0.29, 0.717) is 45.4 Å². The molecule has 0 N–H and O–H groups in total. The number of guanidine groups is 1. The molecule has 6 nitrogen and oxygen atoms in total. The Labute approximate surface area is 122 Å². The van der Waals surface area contributed by atoms with Crippen molar-refractivity contribution in [1.29, 1.82) is 0 Å². The summed E-state index contributed by atoms with van der Waals surface area (Å²) in [7, 11) is -3.70. The molecule has 1 saturated heterocycles. The second kappa shape index (κ2) is 5.61. The molecule has 0 saturated carbocycles. The highest BCUT2D eigenvalue weighted by atomic mass is 32.2. The van der Waals surface area contributed by atoms with Crippen molar-refractivity contribution in [3.05, 3.63) is 30.1 Å². The molecule has 1 aromatic carbocycles. The topological polar surface area (TPSA) is 62.2 Å². The number of sulfonamides is 1. The summed E-state index contributed by atoms with van der Waals surface area (Å²) in [5.41, 5.74) is 0. The maximum absolute atomic E-state index is 13.0. The molecule has 0 aromatic heterocycles. The summed E-state index contributed by atoms with van der Waals surface area (Å²) in [4.78, 5) is 6.30. The number of hydrogen-bond acceptors (Lipinski definition) is 5. The Morgan fingerprint density at radius 3 is 2.43 bits per heavy atom. The summed E-state index contributed by atoms with van der Waals surface area (Å²) >= 11 is 0. The number of morpholine rings is 1. The molecular weight excluding hydrogens is 297 g/mol. The molecule has 8 heteroatoms. The lowest BCUT2D eigenvalue weighted by Crippen LogP contribution is -2.49. The predicted octanol–water partition coefficient (Wildman–Crippen LogP) is 0.518. The monoisotopic (exact) mass is 313 g/mol. The predicted molar refractivity (Wildman–Crippen MR) is 75.0 cm³/mol. The number of nitrogens with zero attached hydrogens (tertiary/aromatic N) is 3. The van der Waals surface area contributed by atoms with E-state index >= 15 is 0 Å². The maximum atomic E-state index is 13.0. The van der Waals surface area contributed by atoms with Gasteiger partial charge in [-0.25, -0.2) is 17.1 Å². The van der Waals surface area contributed by atoms with E-state index in [1.165, 1.54) is 16.4 Å². The van der Waals surface area contributed by atoms with Gasteiger partial charge in [0.1, 0.15) is 5.82 Å². The zero-order valence-corrected chi connectivity index (χ0v) is 12.2. The minimum absolute atomic E-state index is 0.0757. The van der Waals surface area contributed by atoms with Crippen molar-refractivity contribution in [3.8, 4) is 0 Å². The zero-order chi connectivity index (χ0) is 14.9. The van der Waals surface area contributed by atoms with Crippen molar-refractivity contribution < 1.29 is 17.5 Å². The molecule has 0 atom stereocenters. The van der Waals surface area contributed by atoms with Crippen LogP contribution in [0.5, 0.6) is 0 Å². The van der Waals surface area contributed by atoms with E-state index < -0.39 is 15.8 Å². The van der Waals surface area contributed by atoms with Crippen molar-refractivity contribution in [2.24, 2.45) is 4.99 Å². The summed E-state index contributed by atoms with van der Waals surface area (Å²) < 4.78 is 44.9. The zero-order valence-electron chi connectivity index (χ0n) is 11.4. The quantitative estimate of drug-likeness (QED) is 0.798. The minimum Gasteiger partial charge on any atom is -0.378 e. The molecule has 114 valence electrons. The molecule has 0 radical (unpaired) electrons. The molecule has 0 aliphatic carbocycles. The van der Waals surface area contributed by atoms with Crippen LogP contribution in [0.1, 0.15) is 0 Å². The number of hydrogen-bond donors (Lipinski definition) is 0. The van der Waals surface area contributed by atoms with Crippen LogP contribution in [0.3, 0.4) is 0 Å². The lowest BCUT2D eigenvalue weighted by atomic mass is 10.4. The average molecular weight is 313 g/mol. The van der Waals surface area contributed by atoms with E-state index in [0.717, 1.165) is 12.1 Å². The number of ether oxygens (including phenoxy) is 1. The van der Waals surface area contributed by atoms with Gasteiger partial charge in [0.15, 0.2) is 0 Å². The van der Waals surface area contributed by atoms with Crippen LogP contribution >= 0.6 is 0 Å². The maximum Gasteiger partial charge on any atom is 0.266 e. The molecular formula is C13H16FN3O3S. The highest BCUT2D eigenvalue weighted by Gasteiger charge is 2.34. The van der Waals surface area contributed by atoms with E-state index in [9.17, 15) is 12.8 Å². The molecule has 0 amide bonds. The molecule has 2 heterocycles. The molecule has 21 heavy (non-hydrogen) atoms. The minimum atomic E-state index is -3.70. The van der Waals surface area contributed by atoms with E-state index in [-0.39, 0.29) is 4.90 Å². The number of aliphatic imine (C=N–C) groups is 1. The van der Waals surface area contributed by atoms with Gasteiger partial charge < -0.3 is 9.64 Å². The average Bonchev–Trinajstić information content (AvgIpc) is 2.99. The van der Waals surface area contributed by atoms with Gasteiger partial charge in [-0.15, -0.1) is 0 Å². The van der Waals surface area contributed by atoms with Gasteiger partial charge in [0.25, 0.3) is 10.0 Å². The van der Waals surface area contributed by atoms with Crippen molar-refractivity contribution in [3.63, 3.8) is 0 Å². The standard InChI is InChI=1S/C13H16FN3O3S/c14-11-1-3-12(4-2-11)21(18,19)17-6-5-15-13(17)16-7-9-20-10-8-16/h1-4H,5-10H2. The number of rotatable bonds is 2. The molecule has 0 unspecified atom stereocenters. The van der Waals surface area contributed by atoms with Gasteiger partial charge in [-0.2, -0.15) is 0 Å². The van der Waals surface area contributed by atoms with Crippen LogP contribution in [0.15, 0.2) is 34.2 Å². The lowest BCUT2D eigenvalue weighted by molar-refractivity contribution is 0.0652. The van der Waals surface area contributed by atoms with Gasteiger partial charge >= 0.3 is 0 Å². The van der Waals surface area contributed by atoms with Crippen molar-refractivity contribution in [2.45, 2.75) is 4.90 Å². The Morgan fingerprint density at radius 1 is 1.10 bits per heavy atom. The Bertz CT molecular complexity index is 639. The van der Waals surface area contributed by atoms with Crippen LogP contribution in [0, 0.1) is 5.82 Å². The van der Waals surface area contributed by atoms with Gasteiger partial charge in [0, 0.05) is 13.1 Å². The fraction of sp³-hybridized carbons (Fsp3) is 0.462. The van der Waals surface area contributed by atoms with Crippen LogP contribution in [-0.2, 0) is 14.8 Å². The van der Waals surface area contributed by atoms with Gasteiger partial charge in [-0.1, -0.05) is 0 Å². The number of halogens is 1. The first-order chi connectivity index (χ1) is 10.1. The van der Waals surface area contributed by atoms with Crippen LogP contribution in [0.4, 0.5) is 4.39 Å². The molecule has 0 bridgehead atoms. The van der Waals surface area contributed by atoms with Gasteiger partial charge in [-0.3, -0.25) is 4.99 Å². The molecule has 0 spiro atoms. The largest absolute Gasteiger partial charge is 0.378 e. The first-order valence-electron chi connectivity index (χ1n) is 6.74. The first-order valence-corrected chi connectivity index (χ1v) is 8.18. The normalized spacial score (nSPS) is 19.8. The van der Waals surface area contributed by atoms with E-state index in [4.69, 9.17) is 4.74 Å². The van der Waals surface area contributed by atoms with E-state index in [1.54, 1.807) is 0 Å². The van der Waals surface area contributed by atoms with Crippen LogP contribution in [0.25, 0.3) is 0 Å². The van der Waals surface area contributed by atoms with Crippen molar-refractivity contribution in [1.82, 2.24) is 9.21 Å². The van der Waals surface area contributed by atoms with Gasteiger partial charge in [-0.05, 0) is 24.3 Å². The third kappa shape index (κ3) is 2.73.